The van der Waals surface area contributed by atoms with E-state index in [0.717, 1.165) is 49.1 Å². The largest absolute Gasteiger partial charge is 0.461 e. The highest BCUT2D eigenvalue weighted by Crippen LogP contribution is 2.49. The van der Waals surface area contributed by atoms with E-state index in [9.17, 15) is 14.8 Å². The second-order valence-corrected chi connectivity index (χ2v) is 14.2. The molecule has 232 valence electrons. The van der Waals surface area contributed by atoms with Crippen LogP contribution in [-0.4, -0.2) is 97.9 Å². The topological polar surface area (TPSA) is 173 Å². The number of ether oxygens (including phenoxy) is 2. The van der Waals surface area contributed by atoms with Crippen LogP contribution in [-0.2, 0) is 16.6 Å². The van der Waals surface area contributed by atoms with E-state index in [1.54, 1.807) is 0 Å². The molecule has 0 saturated carbocycles. The zero-order valence-corrected chi connectivity index (χ0v) is 25.3. The van der Waals surface area contributed by atoms with Crippen molar-refractivity contribution in [1.29, 1.82) is 5.26 Å². The first kappa shape index (κ1) is 28.1. The molecule has 0 aromatic carbocycles. The number of nitrogen functional groups attached to an aromatic ring is 1. The van der Waals surface area contributed by atoms with Crippen molar-refractivity contribution >= 4 is 22.3 Å². The van der Waals surface area contributed by atoms with Crippen molar-refractivity contribution in [2.75, 3.05) is 50.1 Å². The predicted molar refractivity (Wildman–Crippen MR) is 156 cm³/mol. The molecule has 5 atom stereocenters. The molecule has 4 fully saturated rings. The van der Waals surface area contributed by atoms with Gasteiger partial charge in [0.15, 0.2) is 0 Å². The van der Waals surface area contributed by atoms with E-state index >= 15 is 0 Å². The Labute approximate surface area is 257 Å². The van der Waals surface area contributed by atoms with E-state index in [-0.39, 0.29) is 42.5 Å². The van der Waals surface area contributed by atoms with E-state index in [2.05, 4.69) is 26.1 Å². The molecule has 3 aromatic heterocycles. The molecule has 1 aliphatic carbocycles. The highest BCUT2D eigenvalue weighted by atomic mass is 32.1. The number of nitrogens with two attached hydrogens (primary N) is 1. The van der Waals surface area contributed by atoms with Crippen LogP contribution in [0, 0.1) is 11.3 Å². The Morgan fingerprint density at radius 3 is 2.91 bits per heavy atom. The van der Waals surface area contributed by atoms with Gasteiger partial charge in [0.25, 0.3) is 0 Å². The summed E-state index contributed by atoms with van der Waals surface area (Å²) in [5, 5.41) is 24.7. The van der Waals surface area contributed by atoms with Crippen molar-refractivity contribution < 1.29 is 23.5 Å². The molecule has 2 unspecified atom stereocenters. The number of morpholine rings is 1. The Hall–Kier alpha value is -3.45. The minimum atomic E-state index is -0.877. The van der Waals surface area contributed by atoms with Gasteiger partial charge in [0.05, 0.1) is 42.3 Å². The van der Waals surface area contributed by atoms with Gasteiger partial charge < -0.3 is 29.7 Å². The van der Waals surface area contributed by atoms with Crippen LogP contribution in [0.5, 0.6) is 6.01 Å². The summed E-state index contributed by atoms with van der Waals surface area (Å²) in [7, 11) is 0. The standard InChI is InChI=1S/C29H34FN9O4S/c1-27(5-2-4-19-20(27)18(10-31)21(32)44-19)24-33-23(37-43-24)22-34-25(39-13-29(14-40)9-17(39)12-42-29)36-26(35-22)41-15-28-6-3-7-38(28)11-16(30)8-28/h16-17,40H,2-9,11-15,32H2,1H3/t16-,17?,27+,28+,29?/m1/s1. The van der Waals surface area contributed by atoms with Crippen LogP contribution in [0.2, 0.25) is 0 Å². The van der Waals surface area contributed by atoms with Gasteiger partial charge in [-0.1, -0.05) is 5.16 Å². The molecule has 4 aliphatic heterocycles. The number of nitrogens with zero attached hydrogens (tertiary/aromatic N) is 8. The van der Waals surface area contributed by atoms with Crippen LogP contribution in [0.4, 0.5) is 15.3 Å². The number of nitriles is 1. The third-order valence-electron chi connectivity index (χ3n) is 10.3. The lowest BCUT2D eigenvalue weighted by atomic mass is 9.72. The summed E-state index contributed by atoms with van der Waals surface area (Å²) in [5.74, 6) is 1.09. The predicted octanol–water partition coefficient (Wildman–Crippen LogP) is 2.37. The average Bonchev–Trinajstić information content (AvgIpc) is 3.85. The maximum absolute atomic E-state index is 14.4. The Morgan fingerprint density at radius 2 is 2.09 bits per heavy atom. The Kier molecular flexibility index (Phi) is 6.39. The number of aryl methyl sites for hydroxylation is 1. The molecule has 15 heteroatoms. The Bertz CT molecular complexity index is 1660. The molecular formula is C29H34FN9O4S. The maximum Gasteiger partial charge on any atom is 0.321 e. The van der Waals surface area contributed by atoms with E-state index in [1.165, 1.54) is 11.3 Å². The number of fused-ring (bicyclic) bond motifs is 4. The number of hydrogen-bond donors (Lipinski definition) is 2. The molecule has 0 radical (unpaired) electrons. The normalized spacial score (nSPS) is 32.6. The number of aliphatic hydroxyl groups is 1. The van der Waals surface area contributed by atoms with Gasteiger partial charge in [-0.05, 0) is 45.6 Å². The van der Waals surface area contributed by atoms with Crippen LogP contribution in [0.25, 0.3) is 11.6 Å². The van der Waals surface area contributed by atoms with Gasteiger partial charge in [-0.15, -0.1) is 11.3 Å². The molecule has 13 nitrogen and oxygen atoms in total. The monoisotopic (exact) mass is 623 g/mol. The van der Waals surface area contributed by atoms with E-state index in [0.29, 0.717) is 54.9 Å². The second kappa shape index (κ2) is 10.0. The van der Waals surface area contributed by atoms with Crippen LogP contribution in [0.15, 0.2) is 4.52 Å². The Morgan fingerprint density at radius 1 is 1.20 bits per heavy atom. The number of anilines is 2. The van der Waals surface area contributed by atoms with Crippen molar-refractivity contribution in [2.24, 2.45) is 0 Å². The molecular weight excluding hydrogens is 589 g/mol. The zero-order chi connectivity index (χ0) is 30.3. The quantitative estimate of drug-likeness (QED) is 0.393. The fraction of sp³-hybridized carbons (Fsp3) is 0.655. The minimum absolute atomic E-state index is 0.00912. The van der Waals surface area contributed by atoms with Crippen molar-refractivity contribution in [3.63, 3.8) is 0 Å². The third kappa shape index (κ3) is 4.22. The first-order chi connectivity index (χ1) is 21.2. The van der Waals surface area contributed by atoms with Crippen LogP contribution >= 0.6 is 11.3 Å². The van der Waals surface area contributed by atoms with Crippen molar-refractivity contribution in [3.05, 3.63) is 21.9 Å². The van der Waals surface area contributed by atoms with E-state index < -0.39 is 17.2 Å². The van der Waals surface area contributed by atoms with Crippen molar-refractivity contribution in [1.82, 2.24) is 30.0 Å². The summed E-state index contributed by atoms with van der Waals surface area (Å²) in [6, 6.07) is 2.37. The first-order valence-corrected chi connectivity index (χ1v) is 16.0. The number of hydrogen-bond acceptors (Lipinski definition) is 14. The van der Waals surface area contributed by atoms with E-state index in [1.807, 2.05) is 11.8 Å². The molecule has 7 heterocycles. The lowest BCUT2D eigenvalue weighted by molar-refractivity contribution is -0.0376. The molecule has 3 aromatic rings. The third-order valence-corrected chi connectivity index (χ3v) is 11.4. The van der Waals surface area contributed by atoms with Gasteiger partial charge in [0.1, 0.15) is 29.4 Å². The zero-order valence-electron chi connectivity index (χ0n) is 24.5. The number of aromatic nitrogens is 5. The number of rotatable bonds is 7. The second-order valence-electron chi connectivity index (χ2n) is 13.1. The molecule has 5 aliphatic rings. The Balaban J connectivity index is 1.15. The van der Waals surface area contributed by atoms with Crippen LogP contribution in [0.1, 0.15) is 67.3 Å². The lowest BCUT2D eigenvalue weighted by Gasteiger charge is -2.32. The SMILES string of the molecule is C[C@]1(c2nc(-c3nc(OC[C@@]45CCCN4C[C@H](F)C5)nc(N4CC5(CO)CC4CO5)n3)no2)CCCc2sc(N)c(C#N)c21. The fourth-order valence-corrected chi connectivity index (χ4v) is 9.29. The molecule has 44 heavy (non-hydrogen) atoms. The van der Waals surface area contributed by atoms with Crippen LogP contribution in [0.3, 0.4) is 0 Å². The van der Waals surface area contributed by atoms with Gasteiger partial charge in [-0.3, -0.25) is 4.90 Å². The summed E-state index contributed by atoms with van der Waals surface area (Å²) in [4.78, 5) is 24.1. The van der Waals surface area contributed by atoms with Crippen molar-refractivity contribution in [2.45, 2.75) is 80.6 Å². The molecule has 4 saturated heterocycles. The van der Waals surface area contributed by atoms with Gasteiger partial charge in [-0.2, -0.15) is 25.2 Å². The fourth-order valence-electron chi connectivity index (χ4n) is 8.10. The van der Waals surface area contributed by atoms with Crippen LogP contribution < -0.4 is 15.4 Å². The minimum Gasteiger partial charge on any atom is -0.461 e. The molecule has 0 spiro atoms. The lowest BCUT2D eigenvalue weighted by Crippen LogP contribution is -2.45. The number of alkyl halides is 1. The highest BCUT2D eigenvalue weighted by molar-refractivity contribution is 7.16. The summed E-state index contributed by atoms with van der Waals surface area (Å²) < 4.78 is 32.4. The van der Waals surface area contributed by atoms with Gasteiger partial charge in [-0.25, -0.2) is 4.39 Å². The smallest absolute Gasteiger partial charge is 0.321 e. The average molecular weight is 624 g/mol. The molecule has 3 N–H and O–H groups in total. The van der Waals surface area contributed by atoms with Gasteiger partial charge in [0.2, 0.25) is 23.5 Å². The maximum atomic E-state index is 14.4. The van der Waals surface area contributed by atoms with Gasteiger partial charge in [0, 0.05) is 29.8 Å². The number of halogens is 1. The molecule has 2 bridgehead atoms. The summed E-state index contributed by atoms with van der Waals surface area (Å²) in [5.41, 5.74) is 5.82. The molecule has 8 rings (SSSR count). The summed E-state index contributed by atoms with van der Waals surface area (Å²) in [6.45, 7) is 4.31. The van der Waals surface area contributed by atoms with Gasteiger partial charge >= 0.3 is 6.01 Å². The molecule has 0 amide bonds. The summed E-state index contributed by atoms with van der Waals surface area (Å²) >= 11 is 1.44. The highest BCUT2D eigenvalue weighted by Gasteiger charge is 2.52. The first-order valence-electron chi connectivity index (χ1n) is 15.2. The van der Waals surface area contributed by atoms with E-state index in [4.69, 9.17) is 29.7 Å². The number of thiophene rings is 1. The number of aliphatic hydroxyl groups excluding tert-OH is 1. The summed E-state index contributed by atoms with van der Waals surface area (Å²) in [6.07, 6.45) is 4.52. The van der Waals surface area contributed by atoms with Crippen molar-refractivity contribution in [3.8, 4) is 23.7 Å².